The van der Waals surface area contributed by atoms with E-state index >= 15 is 0 Å². The van der Waals surface area contributed by atoms with Gasteiger partial charge in [-0.05, 0) is 24.3 Å². The van der Waals surface area contributed by atoms with Crippen LogP contribution in [0.15, 0.2) is 45.6 Å². The number of halogens is 1. The summed E-state index contributed by atoms with van der Waals surface area (Å²) >= 11 is 0. The van der Waals surface area contributed by atoms with Gasteiger partial charge < -0.3 is 31.5 Å². The Labute approximate surface area is 109 Å². The highest BCUT2D eigenvalue weighted by Crippen LogP contribution is 2.06. The standard InChI is InChI=1S/C6H6N2O.C5H4O2.BrH/c7-4-5(8)6-2-1-3-9-6;6-4-5-2-1-3-7-5;/h1-3,5H,8H2;1-4H;1H. The normalized spacial score (nSPS) is 10.1. The fraction of sp³-hybridized carbons (Fsp3) is 0.0909. The number of carbonyl (C=O) groups excluding carboxylic acids is 1. The fourth-order valence-electron chi connectivity index (χ4n) is 0.911. The highest BCUT2D eigenvalue weighted by atomic mass is 79.9. The van der Waals surface area contributed by atoms with Gasteiger partial charge in [0, 0.05) is 0 Å². The molecule has 17 heavy (non-hydrogen) atoms. The second-order valence-corrected chi connectivity index (χ2v) is 2.83. The number of aldehydes is 1. The monoisotopic (exact) mass is 298 g/mol. The second kappa shape index (κ2) is 8.33. The maximum Gasteiger partial charge on any atom is 0.229 e. The molecule has 0 fully saturated rings. The van der Waals surface area contributed by atoms with E-state index in [0.29, 0.717) is 17.8 Å². The summed E-state index contributed by atoms with van der Waals surface area (Å²) in [5.41, 5.74) is 3.54. The van der Waals surface area contributed by atoms with E-state index in [1.165, 1.54) is 12.5 Å². The van der Waals surface area contributed by atoms with Gasteiger partial charge in [-0.1, -0.05) is 0 Å². The van der Waals surface area contributed by atoms with Crippen LogP contribution >= 0.6 is 0 Å². The van der Waals surface area contributed by atoms with Gasteiger partial charge in [0.15, 0.2) is 17.8 Å². The Kier molecular flexibility index (Phi) is 7.43. The molecule has 0 saturated heterocycles. The average Bonchev–Trinajstić information content (AvgIpc) is 3.01. The molecular weight excluding hydrogens is 288 g/mol. The van der Waals surface area contributed by atoms with E-state index in [0.717, 1.165) is 0 Å². The third-order valence-corrected chi connectivity index (χ3v) is 1.70. The molecule has 90 valence electrons. The number of rotatable bonds is 2. The van der Waals surface area contributed by atoms with Crippen LogP contribution in [0.4, 0.5) is 0 Å². The molecule has 0 aliphatic rings. The molecule has 1 atom stereocenters. The summed E-state index contributed by atoms with van der Waals surface area (Å²) < 4.78 is 9.52. The molecule has 0 aliphatic heterocycles. The molecule has 0 bridgehead atoms. The lowest BCUT2D eigenvalue weighted by Crippen LogP contribution is -3.00. The number of hydrogen-bond acceptors (Lipinski definition) is 4. The minimum Gasteiger partial charge on any atom is -1.00 e. The van der Waals surface area contributed by atoms with Crippen LogP contribution in [0, 0.1) is 11.3 Å². The molecule has 3 N–H and O–H groups in total. The summed E-state index contributed by atoms with van der Waals surface area (Å²) in [5, 5.41) is 8.33. The van der Waals surface area contributed by atoms with Gasteiger partial charge in [-0.3, -0.25) is 4.79 Å². The van der Waals surface area contributed by atoms with Gasteiger partial charge >= 0.3 is 0 Å². The molecule has 0 spiro atoms. The number of nitrogens with zero attached hydrogens (tertiary/aromatic N) is 1. The van der Waals surface area contributed by atoms with Crippen molar-refractivity contribution in [3.05, 3.63) is 48.3 Å². The van der Waals surface area contributed by atoms with E-state index < -0.39 is 0 Å². The average molecular weight is 299 g/mol. The Morgan fingerprint density at radius 2 is 1.94 bits per heavy atom. The molecule has 0 amide bonds. The lowest BCUT2D eigenvalue weighted by Gasteiger charge is -1.89. The highest BCUT2D eigenvalue weighted by Gasteiger charge is 2.08. The van der Waals surface area contributed by atoms with Crippen LogP contribution < -0.4 is 22.7 Å². The third-order valence-electron chi connectivity index (χ3n) is 1.70. The summed E-state index contributed by atoms with van der Waals surface area (Å²) in [5.74, 6) is 0.998. The fourth-order valence-corrected chi connectivity index (χ4v) is 0.911. The first-order valence-corrected chi connectivity index (χ1v) is 4.52. The zero-order valence-corrected chi connectivity index (χ0v) is 10.5. The van der Waals surface area contributed by atoms with Crippen molar-refractivity contribution in [1.82, 2.24) is 0 Å². The van der Waals surface area contributed by atoms with Gasteiger partial charge in [-0.25, -0.2) is 0 Å². The minimum atomic E-state index is -0.375. The molecule has 1 unspecified atom stereocenters. The van der Waals surface area contributed by atoms with E-state index in [9.17, 15) is 4.79 Å². The molecule has 6 heteroatoms. The van der Waals surface area contributed by atoms with Crippen LogP contribution in [-0.4, -0.2) is 6.29 Å². The number of nitriles is 1. The molecular formula is C11H11BrN2O3. The van der Waals surface area contributed by atoms with Crippen molar-refractivity contribution >= 4 is 6.29 Å². The van der Waals surface area contributed by atoms with Crippen molar-refractivity contribution in [2.45, 2.75) is 6.04 Å². The van der Waals surface area contributed by atoms with Crippen molar-refractivity contribution in [3.8, 4) is 6.07 Å². The summed E-state index contributed by atoms with van der Waals surface area (Å²) in [6, 6.07) is 8.34. The number of quaternary nitrogens is 1. The molecule has 0 aliphatic carbocycles. The van der Waals surface area contributed by atoms with Gasteiger partial charge in [0.05, 0.1) is 12.5 Å². The Hall–Kier alpha value is -1.84. The summed E-state index contributed by atoms with van der Waals surface area (Å²) in [6.45, 7) is 0. The van der Waals surface area contributed by atoms with E-state index in [-0.39, 0.29) is 23.0 Å². The van der Waals surface area contributed by atoms with Gasteiger partial charge in [-0.15, -0.1) is 0 Å². The highest BCUT2D eigenvalue weighted by molar-refractivity contribution is 5.69. The Morgan fingerprint density at radius 3 is 2.29 bits per heavy atom. The van der Waals surface area contributed by atoms with Crippen LogP contribution in [0.1, 0.15) is 22.4 Å². The molecule has 5 nitrogen and oxygen atoms in total. The molecule has 0 saturated carbocycles. The molecule has 2 aromatic heterocycles. The molecule has 0 aromatic carbocycles. The Morgan fingerprint density at radius 1 is 1.29 bits per heavy atom. The summed E-state index contributed by atoms with van der Waals surface area (Å²) in [6.07, 6.45) is 3.66. The van der Waals surface area contributed by atoms with E-state index in [4.69, 9.17) is 9.68 Å². The van der Waals surface area contributed by atoms with Gasteiger partial charge in [0.2, 0.25) is 6.04 Å². The zero-order chi connectivity index (χ0) is 11.8. The summed E-state index contributed by atoms with van der Waals surface area (Å²) in [7, 11) is 0. The van der Waals surface area contributed by atoms with E-state index in [1.54, 1.807) is 24.3 Å². The van der Waals surface area contributed by atoms with E-state index in [1.807, 2.05) is 6.07 Å². The predicted octanol–water partition coefficient (Wildman–Crippen LogP) is -1.82. The first-order valence-electron chi connectivity index (χ1n) is 4.52. The number of hydrogen-bond donors (Lipinski definition) is 1. The third kappa shape index (κ3) is 5.15. The van der Waals surface area contributed by atoms with Crippen molar-refractivity contribution in [2.75, 3.05) is 0 Å². The maximum atomic E-state index is 9.77. The Balaban J connectivity index is 0.000000292. The maximum absolute atomic E-state index is 9.77. The van der Waals surface area contributed by atoms with Crippen LogP contribution in [0.3, 0.4) is 0 Å². The Bertz CT molecular complexity index is 446. The zero-order valence-electron chi connectivity index (χ0n) is 8.88. The van der Waals surface area contributed by atoms with Crippen molar-refractivity contribution in [3.63, 3.8) is 0 Å². The topological polar surface area (TPSA) is 94.8 Å². The predicted molar refractivity (Wildman–Crippen MR) is 54.0 cm³/mol. The first-order chi connectivity index (χ1) is 7.77. The van der Waals surface area contributed by atoms with Crippen molar-refractivity contribution < 1.29 is 36.3 Å². The minimum absolute atomic E-state index is 0. The largest absolute Gasteiger partial charge is 1.00 e. The van der Waals surface area contributed by atoms with E-state index in [2.05, 4.69) is 10.2 Å². The molecule has 2 rings (SSSR count). The van der Waals surface area contributed by atoms with Crippen molar-refractivity contribution in [2.24, 2.45) is 0 Å². The van der Waals surface area contributed by atoms with Gasteiger partial charge in [0.25, 0.3) is 0 Å². The van der Waals surface area contributed by atoms with Gasteiger partial charge in [0.1, 0.15) is 6.07 Å². The lowest BCUT2D eigenvalue weighted by molar-refractivity contribution is -0.409. The SMILES string of the molecule is N#CC([NH3+])c1ccco1.O=Cc1ccco1.[Br-]. The quantitative estimate of drug-likeness (QED) is 0.661. The first kappa shape index (κ1) is 15.2. The van der Waals surface area contributed by atoms with Crippen LogP contribution in [0.5, 0.6) is 0 Å². The number of carbonyl (C=O) groups is 1. The van der Waals surface area contributed by atoms with Crippen LogP contribution in [0.2, 0.25) is 0 Å². The van der Waals surface area contributed by atoms with Crippen LogP contribution in [-0.2, 0) is 0 Å². The second-order valence-electron chi connectivity index (χ2n) is 2.83. The molecule has 2 aromatic rings. The molecule has 0 radical (unpaired) electrons. The lowest BCUT2D eigenvalue weighted by atomic mass is 10.3. The van der Waals surface area contributed by atoms with Gasteiger partial charge in [-0.2, -0.15) is 5.26 Å². The smallest absolute Gasteiger partial charge is 0.229 e. The summed E-state index contributed by atoms with van der Waals surface area (Å²) in [4.78, 5) is 9.77. The van der Waals surface area contributed by atoms with Crippen molar-refractivity contribution in [1.29, 1.82) is 5.26 Å². The molecule has 2 heterocycles. The van der Waals surface area contributed by atoms with Crippen LogP contribution in [0.25, 0.3) is 0 Å². The number of furan rings is 2.